The molecule has 3 rings (SSSR count). The Bertz CT molecular complexity index is 593. The first-order valence-corrected chi connectivity index (χ1v) is 7.06. The second-order valence-corrected chi connectivity index (χ2v) is 5.67. The van der Waals surface area contributed by atoms with E-state index in [0.717, 1.165) is 0 Å². The predicted molar refractivity (Wildman–Crippen MR) is 81.5 cm³/mol. The minimum Gasteiger partial charge on any atom is -0.313 e. The number of hydrogen-bond acceptors (Lipinski definition) is 1. The van der Waals surface area contributed by atoms with Gasteiger partial charge in [-0.25, -0.2) is 0 Å². The summed E-state index contributed by atoms with van der Waals surface area (Å²) in [5.74, 6) is 0. The molecule has 0 saturated heterocycles. The zero-order valence-electron chi connectivity index (χ0n) is 12.0. The summed E-state index contributed by atoms with van der Waals surface area (Å²) in [7, 11) is 2.05. The van der Waals surface area contributed by atoms with Crippen LogP contribution in [-0.2, 0) is 6.42 Å². The van der Waals surface area contributed by atoms with Crippen LogP contribution in [0.4, 0.5) is 0 Å². The molecule has 1 unspecified atom stereocenters. The SMILES string of the molecule is CNC1CCc2cc(-c3cc(C)cc(C)c3)ccc21. The molecule has 0 spiro atoms. The van der Waals surface area contributed by atoms with Gasteiger partial charge in [0.25, 0.3) is 0 Å². The van der Waals surface area contributed by atoms with Gasteiger partial charge in [-0.3, -0.25) is 0 Å². The van der Waals surface area contributed by atoms with Crippen LogP contribution in [0.1, 0.15) is 34.7 Å². The highest BCUT2D eigenvalue weighted by atomic mass is 14.9. The van der Waals surface area contributed by atoms with Crippen LogP contribution in [-0.4, -0.2) is 7.05 Å². The number of nitrogens with one attached hydrogen (secondary N) is 1. The third kappa shape index (κ3) is 2.31. The first-order valence-electron chi connectivity index (χ1n) is 7.06. The maximum Gasteiger partial charge on any atom is 0.0323 e. The number of hydrogen-bond donors (Lipinski definition) is 1. The molecule has 2 aromatic carbocycles. The van der Waals surface area contributed by atoms with Crippen molar-refractivity contribution in [2.45, 2.75) is 32.7 Å². The molecule has 1 atom stereocenters. The Balaban J connectivity index is 2.03. The van der Waals surface area contributed by atoms with Crippen LogP contribution in [0.25, 0.3) is 11.1 Å². The molecule has 0 fully saturated rings. The van der Waals surface area contributed by atoms with Crippen molar-refractivity contribution in [1.82, 2.24) is 5.32 Å². The van der Waals surface area contributed by atoms with Crippen molar-refractivity contribution >= 4 is 0 Å². The van der Waals surface area contributed by atoms with Crippen LogP contribution in [0.3, 0.4) is 0 Å². The Hall–Kier alpha value is -1.60. The summed E-state index contributed by atoms with van der Waals surface area (Å²) < 4.78 is 0. The molecule has 1 heteroatoms. The third-order valence-electron chi connectivity index (χ3n) is 4.12. The molecule has 0 amide bonds. The quantitative estimate of drug-likeness (QED) is 0.844. The third-order valence-corrected chi connectivity index (χ3v) is 4.12. The van der Waals surface area contributed by atoms with Crippen LogP contribution in [0.2, 0.25) is 0 Å². The van der Waals surface area contributed by atoms with E-state index >= 15 is 0 Å². The molecular weight excluding hydrogens is 230 g/mol. The zero-order valence-corrected chi connectivity index (χ0v) is 12.0. The van der Waals surface area contributed by atoms with Crippen molar-refractivity contribution in [3.05, 3.63) is 58.7 Å². The van der Waals surface area contributed by atoms with Gasteiger partial charge < -0.3 is 5.32 Å². The average Bonchev–Trinajstić information content (AvgIpc) is 2.79. The van der Waals surface area contributed by atoms with Crippen molar-refractivity contribution in [2.24, 2.45) is 0 Å². The van der Waals surface area contributed by atoms with Gasteiger partial charge >= 0.3 is 0 Å². The lowest BCUT2D eigenvalue weighted by Crippen LogP contribution is -2.12. The Morgan fingerprint density at radius 3 is 2.37 bits per heavy atom. The van der Waals surface area contributed by atoms with E-state index in [9.17, 15) is 0 Å². The van der Waals surface area contributed by atoms with Gasteiger partial charge in [0.1, 0.15) is 0 Å². The zero-order chi connectivity index (χ0) is 13.4. The molecule has 0 bridgehead atoms. The van der Waals surface area contributed by atoms with E-state index in [1.807, 2.05) is 0 Å². The highest BCUT2D eigenvalue weighted by Gasteiger charge is 2.20. The topological polar surface area (TPSA) is 12.0 Å². The van der Waals surface area contributed by atoms with Crippen LogP contribution in [0.15, 0.2) is 36.4 Å². The summed E-state index contributed by atoms with van der Waals surface area (Å²) in [6, 6.07) is 14.3. The maximum absolute atomic E-state index is 3.40. The van der Waals surface area contributed by atoms with Crippen LogP contribution < -0.4 is 5.32 Å². The standard InChI is InChI=1S/C18H21N/c1-12-8-13(2)10-16(9-12)14-4-6-17-15(11-14)5-7-18(17)19-3/h4,6,8-11,18-19H,5,7H2,1-3H3. The molecule has 1 N–H and O–H groups in total. The molecule has 98 valence electrons. The molecule has 0 radical (unpaired) electrons. The van der Waals surface area contributed by atoms with Crippen LogP contribution in [0.5, 0.6) is 0 Å². The maximum atomic E-state index is 3.40. The van der Waals surface area contributed by atoms with Crippen molar-refractivity contribution in [3.8, 4) is 11.1 Å². The second-order valence-electron chi connectivity index (χ2n) is 5.67. The largest absolute Gasteiger partial charge is 0.313 e. The lowest BCUT2D eigenvalue weighted by atomic mass is 9.97. The van der Waals surface area contributed by atoms with E-state index in [1.54, 1.807) is 0 Å². The lowest BCUT2D eigenvalue weighted by Gasteiger charge is -2.11. The minimum absolute atomic E-state index is 0.545. The Morgan fingerprint density at radius 1 is 0.947 bits per heavy atom. The number of benzene rings is 2. The first-order chi connectivity index (χ1) is 9.17. The van der Waals surface area contributed by atoms with Crippen LogP contribution in [0, 0.1) is 13.8 Å². The summed E-state index contributed by atoms with van der Waals surface area (Å²) in [5.41, 5.74) is 8.36. The summed E-state index contributed by atoms with van der Waals surface area (Å²) in [5, 5.41) is 3.40. The van der Waals surface area contributed by atoms with Crippen molar-refractivity contribution in [1.29, 1.82) is 0 Å². The van der Waals surface area contributed by atoms with E-state index in [-0.39, 0.29) is 0 Å². The van der Waals surface area contributed by atoms with E-state index in [4.69, 9.17) is 0 Å². The summed E-state index contributed by atoms with van der Waals surface area (Å²) in [4.78, 5) is 0. The normalized spacial score (nSPS) is 17.5. The summed E-state index contributed by atoms with van der Waals surface area (Å²) in [6.45, 7) is 4.34. The molecule has 1 aliphatic carbocycles. The van der Waals surface area contributed by atoms with Gasteiger partial charge in [0, 0.05) is 6.04 Å². The second kappa shape index (κ2) is 4.82. The van der Waals surface area contributed by atoms with E-state index in [2.05, 4.69) is 62.6 Å². The Kier molecular flexibility index (Phi) is 3.16. The van der Waals surface area contributed by atoms with Crippen LogP contribution >= 0.6 is 0 Å². The molecule has 19 heavy (non-hydrogen) atoms. The van der Waals surface area contributed by atoms with Gasteiger partial charge in [0.15, 0.2) is 0 Å². The Morgan fingerprint density at radius 2 is 1.68 bits per heavy atom. The monoisotopic (exact) mass is 251 g/mol. The average molecular weight is 251 g/mol. The highest BCUT2D eigenvalue weighted by molar-refractivity contribution is 5.67. The lowest BCUT2D eigenvalue weighted by molar-refractivity contribution is 0.590. The summed E-state index contributed by atoms with van der Waals surface area (Å²) in [6.07, 6.45) is 2.42. The smallest absolute Gasteiger partial charge is 0.0323 e. The Labute approximate surface area is 115 Å². The fourth-order valence-corrected chi connectivity index (χ4v) is 3.24. The van der Waals surface area contributed by atoms with Gasteiger partial charge in [-0.1, -0.05) is 47.5 Å². The van der Waals surface area contributed by atoms with Gasteiger partial charge in [-0.2, -0.15) is 0 Å². The van der Waals surface area contributed by atoms with Gasteiger partial charge in [0.2, 0.25) is 0 Å². The molecule has 0 aromatic heterocycles. The minimum atomic E-state index is 0.545. The predicted octanol–water partition coefficient (Wildman–Crippen LogP) is 4.18. The van der Waals surface area contributed by atoms with E-state index < -0.39 is 0 Å². The molecule has 2 aromatic rings. The number of rotatable bonds is 2. The molecular formula is C18H21N. The summed E-state index contributed by atoms with van der Waals surface area (Å²) >= 11 is 0. The number of fused-ring (bicyclic) bond motifs is 1. The molecule has 0 aliphatic heterocycles. The van der Waals surface area contributed by atoms with Gasteiger partial charge in [0.05, 0.1) is 0 Å². The van der Waals surface area contributed by atoms with Crippen molar-refractivity contribution in [2.75, 3.05) is 7.05 Å². The van der Waals surface area contributed by atoms with Crippen molar-refractivity contribution in [3.63, 3.8) is 0 Å². The molecule has 1 aliphatic rings. The van der Waals surface area contributed by atoms with E-state index in [0.29, 0.717) is 6.04 Å². The number of aryl methyl sites for hydroxylation is 3. The van der Waals surface area contributed by atoms with Gasteiger partial charge in [-0.15, -0.1) is 0 Å². The molecule has 0 heterocycles. The fourth-order valence-electron chi connectivity index (χ4n) is 3.24. The van der Waals surface area contributed by atoms with E-state index in [1.165, 1.54) is 46.2 Å². The van der Waals surface area contributed by atoms with Crippen molar-refractivity contribution < 1.29 is 0 Å². The molecule has 1 nitrogen and oxygen atoms in total. The first kappa shape index (κ1) is 12.4. The molecule has 0 saturated carbocycles. The van der Waals surface area contributed by atoms with Gasteiger partial charge in [-0.05, 0) is 56.0 Å². The highest BCUT2D eigenvalue weighted by Crippen LogP contribution is 2.34. The fraction of sp³-hybridized carbons (Fsp3) is 0.333.